The van der Waals surface area contributed by atoms with Gasteiger partial charge in [-0.2, -0.15) is 0 Å². The number of aromatic nitrogens is 1. The summed E-state index contributed by atoms with van der Waals surface area (Å²) in [5.41, 5.74) is 5.79. The molecule has 1 heterocycles. The number of rotatable bonds is 3. The van der Waals surface area contributed by atoms with Gasteiger partial charge in [0.25, 0.3) is 5.91 Å². The summed E-state index contributed by atoms with van der Waals surface area (Å²) in [6.45, 7) is 2.05. The summed E-state index contributed by atoms with van der Waals surface area (Å²) in [6, 6.07) is 14.4. The quantitative estimate of drug-likeness (QED) is 0.732. The van der Waals surface area contributed by atoms with Gasteiger partial charge in [-0.25, -0.2) is 0 Å². The van der Waals surface area contributed by atoms with E-state index in [2.05, 4.69) is 35.4 Å². The molecular formula is C21H22N2O. The van der Waals surface area contributed by atoms with E-state index in [-0.39, 0.29) is 11.9 Å². The summed E-state index contributed by atoms with van der Waals surface area (Å²) >= 11 is 0. The average Bonchev–Trinajstić information content (AvgIpc) is 3.08. The van der Waals surface area contributed by atoms with Gasteiger partial charge < -0.3 is 10.3 Å². The van der Waals surface area contributed by atoms with Crippen LogP contribution < -0.4 is 5.32 Å². The van der Waals surface area contributed by atoms with E-state index in [4.69, 9.17) is 0 Å². The Morgan fingerprint density at radius 2 is 1.88 bits per heavy atom. The van der Waals surface area contributed by atoms with Crippen LogP contribution in [0, 0.1) is 0 Å². The molecule has 0 saturated heterocycles. The van der Waals surface area contributed by atoms with E-state index in [1.54, 1.807) is 0 Å². The van der Waals surface area contributed by atoms with Crippen LogP contribution in [0.4, 0.5) is 0 Å². The van der Waals surface area contributed by atoms with Crippen molar-refractivity contribution >= 4 is 16.8 Å². The summed E-state index contributed by atoms with van der Waals surface area (Å²) in [7, 11) is 0. The molecule has 4 rings (SSSR count). The average molecular weight is 318 g/mol. The number of fused-ring (bicyclic) bond motifs is 2. The third-order valence-corrected chi connectivity index (χ3v) is 5.04. The number of carbonyl (C=O) groups excluding carboxylic acids is 1. The van der Waals surface area contributed by atoms with Gasteiger partial charge in [0.1, 0.15) is 0 Å². The van der Waals surface area contributed by atoms with E-state index in [1.165, 1.54) is 36.0 Å². The fourth-order valence-corrected chi connectivity index (χ4v) is 3.58. The lowest BCUT2D eigenvalue weighted by Gasteiger charge is -2.20. The molecule has 1 unspecified atom stereocenters. The van der Waals surface area contributed by atoms with Gasteiger partial charge in [0.15, 0.2) is 0 Å². The van der Waals surface area contributed by atoms with Crippen LogP contribution in [-0.2, 0) is 12.8 Å². The lowest BCUT2D eigenvalue weighted by molar-refractivity contribution is 0.0940. The van der Waals surface area contributed by atoms with Crippen molar-refractivity contribution in [1.29, 1.82) is 0 Å². The number of hydrogen-bond donors (Lipinski definition) is 2. The zero-order valence-corrected chi connectivity index (χ0v) is 13.9. The lowest BCUT2D eigenvalue weighted by Crippen LogP contribution is -2.26. The van der Waals surface area contributed by atoms with E-state index in [9.17, 15) is 4.79 Å². The Bertz CT molecular complexity index is 894. The Morgan fingerprint density at radius 1 is 1.04 bits per heavy atom. The molecule has 1 aliphatic carbocycles. The van der Waals surface area contributed by atoms with Crippen LogP contribution in [0.5, 0.6) is 0 Å². The Hall–Kier alpha value is -2.55. The van der Waals surface area contributed by atoms with Crippen LogP contribution in [0.1, 0.15) is 52.9 Å². The highest BCUT2D eigenvalue weighted by Crippen LogP contribution is 2.25. The molecule has 3 heteroatoms. The molecule has 1 aromatic heterocycles. The molecule has 1 amide bonds. The van der Waals surface area contributed by atoms with Gasteiger partial charge in [0.2, 0.25) is 0 Å². The molecule has 3 nitrogen and oxygen atoms in total. The Morgan fingerprint density at radius 3 is 2.75 bits per heavy atom. The number of hydrogen-bond acceptors (Lipinski definition) is 1. The maximum atomic E-state index is 12.6. The summed E-state index contributed by atoms with van der Waals surface area (Å²) in [5, 5.41) is 4.24. The Balaban J connectivity index is 1.52. The minimum atomic E-state index is -0.0308. The number of carbonyl (C=O) groups is 1. The lowest BCUT2D eigenvalue weighted by atomic mass is 9.89. The molecule has 122 valence electrons. The Kier molecular flexibility index (Phi) is 3.85. The number of H-pyrrole nitrogens is 1. The van der Waals surface area contributed by atoms with Crippen molar-refractivity contribution in [3.8, 4) is 0 Å². The first-order valence-corrected chi connectivity index (χ1v) is 8.70. The van der Waals surface area contributed by atoms with Crippen molar-refractivity contribution in [2.75, 3.05) is 0 Å². The van der Waals surface area contributed by atoms with E-state index in [0.717, 1.165) is 17.3 Å². The molecule has 24 heavy (non-hydrogen) atoms. The number of amides is 1. The van der Waals surface area contributed by atoms with E-state index >= 15 is 0 Å². The van der Waals surface area contributed by atoms with E-state index < -0.39 is 0 Å². The Labute approximate surface area is 142 Å². The van der Waals surface area contributed by atoms with Crippen LogP contribution in [0.2, 0.25) is 0 Å². The molecular weight excluding hydrogens is 296 g/mol. The number of aromatic amines is 1. The zero-order valence-electron chi connectivity index (χ0n) is 13.9. The molecule has 0 radical (unpaired) electrons. The third kappa shape index (κ3) is 2.82. The van der Waals surface area contributed by atoms with Crippen molar-refractivity contribution < 1.29 is 4.79 Å². The first kappa shape index (κ1) is 15.0. The van der Waals surface area contributed by atoms with Gasteiger partial charge in [-0.15, -0.1) is 0 Å². The molecule has 1 aliphatic rings. The van der Waals surface area contributed by atoms with Crippen molar-refractivity contribution in [2.45, 2.75) is 38.6 Å². The second-order valence-corrected chi connectivity index (χ2v) is 6.71. The molecule has 0 spiro atoms. The van der Waals surface area contributed by atoms with Crippen LogP contribution in [0.3, 0.4) is 0 Å². The standard InChI is InChI=1S/C21H22N2O/c1-14(17-8-6-15-4-2-3-5-18(15)12-17)23-21(24)19-9-7-16-10-11-22-20(16)13-19/h6-14,22H,2-5H2,1H3,(H,23,24). The molecule has 2 aromatic carbocycles. The van der Waals surface area contributed by atoms with Crippen LogP contribution in [-0.4, -0.2) is 10.9 Å². The molecule has 2 N–H and O–H groups in total. The van der Waals surface area contributed by atoms with Crippen LogP contribution in [0.15, 0.2) is 48.7 Å². The fourth-order valence-electron chi connectivity index (χ4n) is 3.58. The van der Waals surface area contributed by atoms with Gasteiger partial charge in [-0.3, -0.25) is 4.79 Å². The predicted octanol–water partition coefficient (Wildman–Crippen LogP) is 4.54. The molecule has 3 aromatic rings. The van der Waals surface area contributed by atoms with E-state index in [0.29, 0.717) is 5.56 Å². The molecule has 0 bridgehead atoms. The predicted molar refractivity (Wildman–Crippen MR) is 97.3 cm³/mol. The van der Waals surface area contributed by atoms with Gasteiger partial charge in [-0.1, -0.05) is 24.3 Å². The van der Waals surface area contributed by atoms with Gasteiger partial charge in [0, 0.05) is 17.3 Å². The minimum Gasteiger partial charge on any atom is -0.361 e. The topological polar surface area (TPSA) is 44.9 Å². The van der Waals surface area contributed by atoms with Crippen molar-refractivity contribution in [1.82, 2.24) is 10.3 Å². The normalized spacial score (nSPS) is 15.0. The molecule has 0 fully saturated rings. The summed E-state index contributed by atoms with van der Waals surface area (Å²) in [4.78, 5) is 15.7. The third-order valence-electron chi connectivity index (χ3n) is 5.04. The van der Waals surface area contributed by atoms with Gasteiger partial charge in [0.05, 0.1) is 6.04 Å². The highest BCUT2D eigenvalue weighted by molar-refractivity contribution is 5.98. The van der Waals surface area contributed by atoms with Crippen molar-refractivity contribution in [3.05, 3.63) is 70.9 Å². The largest absolute Gasteiger partial charge is 0.361 e. The maximum Gasteiger partial charge on any atom is 0.251 e. The van der Waals surface area contributed by atoms with Crippen LogP contribution in [0.25, 0.3) is 10.9 Å². The monoisotopic (exact) mass is 318 g/mol. The summed E-state index contributed by atoms with van der Waals surface area (Å²) in [5.74, 6) is -0.0308. The van der Waals surface area contributed by atoms with E-state index in [1.807, 2.05) is 30.5 Å². The summed E-state index contributed by atoms with van der Waals surface area (Å²) < 4.78 is 0. The summed E-state index contributed by atoms with van der Waals surface area (Å²) in [6.07, 6.45) is 6.80. The van der Waals surface area contributed by atoms with Gasteiger partial charge >= 0.3 is 0 Å². The number of nitrogens with one attached hydrogen (secondary N) is 2. The minimum absolute atomic E-state index is 0.00376. The van der Waals surface area contributed by atoms with Gasteiger partial charge in [-0.05, 0) is 72.9 Å². The first-order valence-electron chi connectivity index (χ1n) is 8.70. The number of aryl methyl sites for hydroxylation is 2. The maximum absolute atomic E-state index is 12.6. The second-order valence-electron chi connectivity index (χ2n) is 6.71. The highest BCUT2D eigenvalue weighted by Gasteiger charge is 2.15. The fraction of sp³-hybridized carbons (Fsp3) is 0.286. The smallest absolute Gasteiger partial charge is 0.251 e. The number of benzene rings is 2. The molecule has 0 aliphatic heterocycles. The second kappa shape index (κ2) is 6.16. The van der Waals surface area contributed by atoms with Crippen LogP contribution >= 0.6 is 0 Å². The molecule has 1 atom stereocenters. The van der Waals surface area contributed by atoms with Crippen molar-refractivity contribution in [2.24, 2.45) is 0 Å². The first-order chi connectivity index (χ1) is 11.7. The van der Waals surface area contributed by atoms with Crippen molar-refractivity contribution in [3.63, 3.8) is 0 Å². The molecule has 0 saturated carbocycles. The SMILES string of the molecule is CC(NC(=O)c1ccc2cc[nH]c2c1)c1ccc2c(c1)CCCC2. The zero-order chi connectivity index (χ0) is 16.5. The highest BCUT2D eigenvalue weighted by atomic mass is 16.1.